The summed E-state index contributed by atoms with van der Waals surface area (Å²) >= 11 is 5.93. The summed E-state index contributed by atoms with van der Waals surface area (Å²) in [6, 6.07) is 28.6. The van der Waals surface area contributed by atoms with Crippen LogP contribution in [-0.2, 0) is 0 Å². The fourth-order valence-corrected chi connectivity index (χ4v) is 3.74. The predicted molar refractivity (Wildman–Crippen MR) is 128 cm³/mol. The molecule has 156 valence electrons. The zero-order chi connectivity index (χ0) is 21.9. The highest BCUT2D eigenvalue weighted by Crippen LogP contribution is 2.32. The van der Waals surface area contributed by atoms with Gasteiger partial charge in [0.2, 0.25) is 0 Å². The van der Waals surface area contributed by atoms with Gasteiger partial charge in [-0.3, -0.25) is 4.79 Å². The number of carbonyl (C=O) groups is 1. The second-order valence-electron chi connectivity index (χ2n) is 7.19. The molecule has 0 radical (unpaired) electrons. The van der Waals surface area contributed by atoms with Crippen molar-refractivity contribution in [2.75, 3.05) is 0 Å². The predicted octanol–water partition coefficient (Wildman–Crippen LogP) is 6.51. The quantitative estimate of drug-likeness (QED) is 0.242. The first-order valence-electron chi connectivity index (χ1n) is 10.0. The molecule has 2 aromatic heterocycles. The molecule has 5 aromatic rings. The van der Waals surface area contributed by atoms with Crippen molar-refractivity contribution in [1.29, 1.82) is 0 Å². The Morgan fingerprint density at radius 2 is 1.62 bits per heavy atom. The Hall–Kier alpha value is -4.09. The van der Waals surface area contributed by atoms with E-state index >= 15 is 0 Å². The van der Waals surface area contributed by atoms with Gasteiger partial charge < -0.3 is 9.40 Å². The van der Waals surface area contributed by atoms with E-state index in [2.05, 4.69) is 15.5 Å². The molecule has 32 heavy (non-hydrogen) atoms. The van der Waals surface area contributed by atoms with Gasteiger partial charge in [-0.15, -0.1) is 0 Å². The Labute approximate surface area is 189 Å². The third kappa shape index (κ3) is 3.94. The maximum atomic E-state index is 13.0. The van der Waals surface area contributed by atoms with E-state index in [1.807, 2.05) is 72.8 Å². The summed E-state index contributed by atoms with van der Waals surface area (Å²) in [5.41, 5.74) is 6.65. The van der Waals surface area contributed by atoms with Crippen molar-refractivity contribution in [3.05, 3.63) is 107 Å². The number of fused-ring (bicyclic) bond motifs is 1. The molecule has 2 heterocycles. The monoisotopic (exact) mass is 439 g/mol. The number of carbonyl (C=O) groups excluding carboxylic acids is 1. The van der Waals surface area contributed by atoms with Crippen LogP contribution in [0.15, 0.2) is 101 Å². The highest BCUT2D eigenvalue weighted by atomic mass is 35.5. The Morgan fingerprint density at radius 3 is 2.44 bits per heavy atom. The standard InChI is InChI=1S/C26H18ClN3O2/c27-19-12-10-17(11-13-19)23-15-14-20(32-23)16-28-30-26(31)25-24(18-6-2-1-3-7-18)21-8-4-5-9-22(21)29-25/h1-16,29H,(H,30,31)/b28-16-. The number of aromatic nitrogens is 1. The molecule has 0 aliphatic rings. The van der Waals surface area contributed by atoms with Gasteiger partial charge in [0, 0.05) is 27.1 Å². The van der Waals surface area contributed by atoms with Crippen LogP contribution in [0.5, 0.6) is 0 Å². The van der Waals surface area contributed by atoms with Crippen LogP contribution in [-0.4, -0.2) is 17.1 Å². The number of para-hydroxylation sites is 1. The fraction of sp³-hybridized carbons (Fsp3) is 0. The van der Waals surface area contributed by atoms with E-state index in [1.165, 1.54) is 6.21 Å². The third-order valence-corrected chi connectivity index (χ3v) is 5.36. The van der Waals surface area contributed by atoms with Crippen molar-refractivity contribution in [1.82, 2.24) is 10.4 Å². The maximum absolute atomic E-state index is 13.0. The number of halogens is 1. The molecule has 0 spiro atoms. The number of nitrogens with one attached hydrogen (secondary N) is 2. The SMILES string of the molecule is O=C(N/N=C\c1ccc(-c2ccc(Cl)cc2)o1)c1[nH]c2ccccc2c1-c1ccccc1. The van der Waals surface area contributed by atoms with Crippen LogP contribution in [0.1, 0.15) is 16.2 Å². The van der Waals surface area contributed by atoms with Crippen LogP contribution in [0.3, 0.4) is 0 Å². The van der Waals surface area contributed by atoms with Gasteiger partial charge in [-0.1, -0.05) is 60.1 Å². The Morgan fingerprint density at radius 1 is 0.875 bits per heavy atom. The second kappa shape index (κ2) is 8.57. The number of nitrogens with zero attached hydrogens (tertiary/aromatic N) is 1. The van der Waals surface area contributed by atoms with E-state index in [0.717, 1.165) is 27.6 Å². The van der Waals surface area contributed by atoms with Gasteiger partial charge >= 0.3 is 0 Å². The number of hydrogen-bond donors (Lipinski definition) is 2. The van der Waals surface area contributed by atoms with Crippen molar-refractivity contribution >= 4 is 34.6 Å². The number of hydrogen-bond acceptors (Lipinski definition) is 3. The molecule has 0 aliphatic carbocycles. The number of rotatable bonds is 5. The molecular weight excluding hydrogens is 422 g/mol. The molecule has 6 heteroatoms. The largest absolute Gasteiger partial charge is 0.455 e. The lowest BCUT2D eigenvalue weighted by atomic mass is 10.0. The molecule has 2 N–H and O–H groups in total. The highest BCUT2D eigenvalue weighted by Gasteiger charge is 2.18. The highest BCUT2D eigenvalue weighted by molar-refractivity contribution is 6.30. The van der Waals surface area contributed by atoms with Gasteiger partial charge in [0.25, 0.3) is 5.91 Å². The van der Waals surface area contributed by atoms with E-state index in [4.69, 9.17) is 16.0 Å². The molecule has 0 bridgehead atoms. The lowest BCUT2D eigenvalue weighted by molar-refractivity contribution is 0.0951. The second-order valence-corrected chi connectivity index (χ2v) is 7.63. The number of H-pyrrole nitrogens is 1. The zero-order valence-electron chi connectivity index (χ0n) is 16.9. The first-order chi connectivity index (χ1) is 15.7. The molecule has 0 fully saturated rings. The van der Waals surface area contributed by atoms with Crippen LogP contribution in [0.2, 0.25) is 5.02 Å². The normalized spacial score (nSPS) is 11.3. The summed E-state index contributed by atoms with van der Waals surface area (Å²) in [6.07, 6.45) is 1.47. The molecule has 0 atom stereocenters. The van der Waals surface area contributed by atoms with E-state index in [0.29, 0.717) is 22.2 Å². The van der Waals surface area contributed by atoms with Gasteiger partial charge in [0.1, 0.15) is 17.2 Å². The van der Waals surface area contributed by atoms with Gasteiger partial charge in [-0.25, -0.2) is 5.43 Å². The van der Waals surface area contributed by atoms with Crippen LogP contribution in [0.25, 0.3) is 33.4 Å². The van der Waals surface area contributed by atoms with Crippen molar-refractivity contribution in [3.8, 4) is 22.5 Å². The molecule has 5 rings (SSSR count). The Kier molecular flexibility index (Phi) is 5.32. The van der Waals surface area contributed by atoms with Crippen LogP contribution >= 0.6 is 11.6 Å². The maximum Gasteiger partial charge on any atom is 0.288 e. The molecule has 1 amide bonds. The molecule has 5 nitrogen and oxygen atoms in total. The van der Waals surface area contributed by atoms with Crippen LogP contribution < -0.4 is 5.43 Å². The lowest BCUT2D eigenvalue weighted by Gasteiger charge is -2.04. The van der Waals surface area contributed by atoms with Crippen molar-refractivity contribution in [2.24, 2.45) is 5.10 Å². The lowest BCUT2D eigenvalue weighted by Crippen LogP contribution is -2.18. The van der Waals surface area contributed by atoms with E-state index in [-0.39, 0.29) is 5.91 Å². The number of amides is 1. The van der Waals surface area contributed by atoms with Crippen LogP contribution in [0, 0.1) is 0 Å². The molecule has 0 aliphatic heterocycles. The summed E-state index contributed by atoms with van der Waals surface area (Å²) < 4.78 is 5.79. The summed E-state index contributed by atoms with van der Waals surface area (Å²) in [5, 5.41) is 5.73. The molecular formula is C26H18ClN3O2. The minimum absolute atomic E-state index is 0.333. The summed E-state index contributed by atoms with van der Waals surface area (Å²) in [7, 11) is 0. The van der Waals surface area contributed by atoms with Crippen molar-refractivity contribution in [2.45, 2.75) is 0 Å². The first-order valence-corrected chi connectivity index (χ1v) is 10.4. The van der Waals surface area contributed by atoms with E-state index in [9.17, 15) is 4.79 Å². The first kappa shape index (κ1) is 19.8. The van der Waals surface area contributed by atoms with Gasteiger partial charge in [0.05, 0.1) is 6.21 Å². The van der Waals surface area contributed by atoms with Gasteiger partial charge in [-0.2, -0.15) is 5.10 Å². The molecule has 0 saturated carbocycles. The Balaban J connectivity index is 1.38. The van der Waals surface area contributed by atoms with Crippen molar-refractivity contribution < 1.29 is 9.21 Å². The number of benzene rings is 3. The fourth-order valence-electron chi connectivity index (χ4n) is 3.62. The van der Waals surface area contributed by atoms with E-state index < -0.39 is 0 Å². The molecule has 0 saturated heterocycles. The smallest absolute Gasteiger partial charge is 0.288 e. The molecule has 0 unspecified atom stereocenters. The van der Waals surface area contributed by atoms with Gasteiger partial charge in [-0.05, 0) is 48.0 Å². The number of hydrazone groups is 1. The average Bonchev–Trinajstić information content (AvgIpc) is 3.45. The van der Waals surface area contributed by atoms with E-state index in [1.54, 1.807) is 18.2 Å². The summed E-state index contributed by atoms with van der Waals surface area (Å²) in [4.78, 5) is 16.2. The minimum atomic E-state index is -0.333. The summed E-state index contributed by atoms with van der Waals surface area (Å²) in [5.74, 6) is 0.882. The number of aromatic amines is 1. The summed E-state index contributed by atoms with van der Waals surface area (Å²) in [6.45, 7) is 0. The zero-order valence-corrected chi connectivity index (χ0v) is 17.6. The van der Waals surface area contributed by atoms with Crippen LogP contribution in [0.4, 0.5) is 0 Å². The Bertz CT molecular complexity index is 1420. The topological polar surface area (TPSA) is 70.4 Å². The average molecular weight is 440 g/mol. The third-order valence-electron chi connectivity index (χ3n) is 5.11. The van der Waals surface area contributed by atoms with Crippen molar-refractivity contribution in [3.63, 3.8) is 0 Å². The minimum Gasteiger partial charge on any atom is -0.455 e. The number of furan rings is 1. The molecule has 3 aromatic carbocycles. The van der Waals surface area contributed by atoms with Gasteiger partial charge in [0.15, 0.2) is 0 Å².